The van der Waals surface area contributed by atoms with Gasteiger partial charge in [0.1, 0.15) is 0 Å². The number of hydrogen-bond acceptors (Lipinski definition) is 1. The van der Waals surface area contributed by atoms with Gasteiger partial charge in [-0.15, -0.1) is 0 Å². The van der Waals surface area contributed by atoms with E-state index in [1.165, 1.54) is 0 Å². The molecule has 0 saturated heterocycles. The van der Waals surface area contributed by atoms with Crippen molar-refractivity contribution >= 4 is 21.8 Å². The average Bonchev–Trinajstić information content (AvgIpc) is 1.89. The van der Waals surface area contributed by atoms with E-state index in [4.69, 9.17) is 0 Å². The topological polar surface area (TPSA) is 29.1 Å². The van der Waals surface area contributed by atoms with Gasteiger partial charge in [-0.05, 0) is 12.8 Å². The molecular formula is C7H14BrNO. The molecule has 0 aromatic heterocycles. The lowest BCUT2D eigenvalue weighted by atomic mass is 10.3. The summed E-state index contributed by atoms with van der Waals surface area (Å²) < 4.78 is 0. The molecule has 0 atom stereocenters. The maximum absolute atomic E-state index is 10.8. The van der Waals surface area contributed by atoms with Gasteiger partial charge in [0.05, 0.1) is 0 Å². The molecule has 0 spiro atoms. The molecule has 0 aromatic rings. The maximum Gasteiger partial charge on any atom is 0.219 e. The fourth-order valence-corrected chi connectivity index (χ4v) is 0.890. The van der Waals surface area contributed by atoms with Gasteiger partial charge in [0.25, 0.3) is 0 Å². The highest BCUT2D eigenvalue weighted by molar-refractivity contribution is 9.09. The van der Waals surface area contributed by atoms with Crippen molar-refractivity contribution in [2.75, 3.05) is 11.9 Å². The largest absolute Gasteiger partial charge is 0.356 e. The van der Waals surface area contributed by atoms with Crippen molar-refractivity contribution in [2.24, 2.45) is 0 Å². The summed E-state index contributed by atoms with van der Waals surface area (Å²) >= 11 is 3.29. The van der Waals surface area contributed by atoms with Crippen molar-refractivity contribution in [3.8, 4) is 0 Å². The van der Waals surface area contributed by atoms with E-state index in [-0.39, 0.29) is 5.91 Å². The van der Waals surface area contributed by atoms with Crippen molar-refractivity contribution in [2.45, 2.75) is 26.2 Å². The molecule has 0 radical (unpaired) electrons. The van der Waals surface area contributed by atoms with Gasteiger partial charge >= 0.3 is 0 Å². The quantitative estimate of drug-likeness (QED) is 0.540. The molecule has 1 amide bonds. The van der Waals surface area contributed by atoms with E-state index in [9.17, 15) is 4.79 Å². The molecule has 0 rings (SSSR count). The van der Waals surface area contributed by atoms with Crippen LogP contribution in [0.1, 0.15) is 26.2 Å². The van der Waals surface area contributed by atoms with Gasteiger partial charge in [-0.2, -0.15) is 0 Å². The van der Waals surface area contributed by atoms with Gasteiger partial charge in [0, 0.05) is 18.3 Å². The SMILES string of the molecule is CCCC(=O)NCCCBr. The molecule has 1 N–H and O–H groups in total. The predicted octanol–water partition coefficient (Wildman–Crippen LogP) is 1.69. The predicted molar refractivity (Wildman–Crippen MR) is 46.3 cm³/mol. The molecule has 0 aromatic carbocycles. The summed E-state index contributed by atoms with van der Waals surface area (Å²) in [4.78, 5) is 10.8. The molecule has 0 unspecified atom stereocenters. The molecule has 10 heavy (non-hydrogen) atoms. The lowest BCUT2D eigenvalue weighted by Gasteiger charge is -2.00. The number of amides is 1. The summed E-state index contributed by atoms with van der Waals surface area (Å²) in [7, 11) is 0. The van der Waals surface area contributed by atoms with Gasteiger partial charge in [-0.3, -0.25) is 4.79 Å². The second kappa shape index (κ2) is 7.06. The van der Waals surface area contributed by atoms with Gasteiger partial charge in [0.15, 0.2) is 0 Å². The first-order chi connectivity index (χ1) is 4.81. The number of hydrogen-bond donors (Lipinski definition) is 1. The van der Waals surface area contributed by atoms with Gasteiger partial charge < -0.3 is 5.32 Å². The van der Waals surface area contributed by atoms with E-state index >= 15 is 0 Å². The van der Waals surface area contributed by atoms with Crippen LogP contribution in [0.5, 0.6) is 0 Å². The van der Waals surface area contributed by atoms with Gasteiger partial charge in [-0.1, -0.05) is 22.9 Å². The summed E-state index contributed by atoms with van der Waals surface area (Å²) in [6.45, 7) is 2.80. The summed E-state index contributed by atoms with van der Waals surface area (Å²) in [5.74, 6) is 0.170. The lowest BCUT2D eigenvalue weighted by molar-refractivity contribution is -0.121. The van der Waals surface area contributed by atoms with Crippen molar-refractivity contribution in [1.29, 1.82) is 0 Å². The Morgan fingerprint density at radius 2 is 2.30 bits per heavy atom. The smallest absolute Gasteiger partial charge is 0.219 e. The molecule has 60 valence electrons. The van der Waals surface area contributed by atoms with Crippen LogP contribution >= 0.6 is 15.9 Å². The normalized spacial score (nSPS) is 9.40. The zero-order valence-electron chi connectivity index (χ0n) is 6.32. The van der Waals surface area contributed by atoms with Crippen LogP contribution < -0.4 is 5.32 Å². The molecule has 0 fully saturated rings. The van der Waals surface area contributed by atoms with Crippen molar-refractivity contribution in [3.05, 3.63) is 0 Å². The van der Waals surface area contributed by atoms with Crippen LogP contribution in [0.4, 0.5) is 0 Å². The minimum absolute atomic E-state index is 0.170. The zero-order chi connectivity index (χ0) is 7.82. The van der Waals surface area contributed by atoms with Crippen molar-refractivity contribution in [1.82, 2.24) is 5.32 Å². The van der Waals surface area contributed by atoms with Crippen LogP contribution in [-0.4, -0.2) is 17.8 Å². The molecule has 0 aliphatic rings. The number of alkyl halides is 1. The number of carbonyl (C=O) groups is 1. The number of halogens is 1. The summed E-state index contributed by atoms with van der Waals surface area (Å²) in [6.07, 6.45) is 2.60. The minimum Gasteiger partial charge on any atom is -0.356 e. The first-order valence-corrected chi connectivity index (χ1v) is 4.76. The lowest BCUT2D eigenvalue weighted by Crippen LogP contribution is -2.23. The first kappa shape index (κ1) is 9.95. The third-order valence-electron chi connectivity index (χ3n) is 1.11. The fraction of sp³-hybridized carbons (Fsp3) is 0.857. The van der Waals surface area contributed by atoms with Crippen LogP contribution in [0, 0.1) is 0 Å². The molecule has 0 aliphatic heterocycles. The Kier molecular flexibility index (Phi) is 7.03. The van der Waals surface area contributed by atoms with E-state index in [0.717, 1.165) is 24.7 Å². The number of nitrogens with one attached hydrogen (secondary N) is 1. The first-order valence-electron chi connectivity index (χ1n) is 3.64. The molecular weight excluding hydrogens is 194 g/mol. The van der Waals surface area contributed by atoms with Crippen molar-refractivity contribution in [3.63, 3.8) is 0 Å². The Morgan fingerprint density at radius 1 is 1.60 bits per heavy atom. The Hall–Kier alpha value is -0.0500. The molecule has 0 bridgehead atoms. The van der Waals surface area contributed by atoms with Crippen LogP contribution in [0.3, 0.4) is 0 Å². The molecule has 0 heterocycles. The van der Waals surface area contributed by atoms with E-state index in [2.05, 4.69) is 21.2 Å². The maximum atomic E-state index is 10.8. The second-order valence-corrected chi connectivity index (χ2v) is 2.94. The standard InChI is InChI=1S/C7H14BrNO/c1-2-4-7(10)9-6-3-5-8/h2-6H2,1H3,(H,9,10). The summed E-state index contributed by atoms with van der Waals surface area (Å²) in [6, 6.07) is 0. The van der Waals surface area contributed by atoms with Crippen LogP contribution in [0.15, 0.2) is 0 Å². The monoisotopic (exact) mass is 207 g/mol. The Labute approximate surface area is 70.5 Å². The molecule has 3 heteroatoms. The Bertz CT molecular complexity index is 95.6. The Morgan fingerprint density at radius 3 is 2.80 bits per heavy atom. The van der Waals surface area contributed by atoms with E-state index in [1.807, 2.05) is 6.92 Å². The fourth-order valence-electron chi connectivity index (χ4n) is 0.610. The molecule has 2 nitrogen and oxygen atoms in total. The van der Waals surface area contributed by atoms with Gasteiger partial charge in [0.2, 0.25) is 5.91 Å². The van der Waals surface area contributed by atoms with E-state index in [0.29, 0.717) is 6.42 Å². The third-order valence-corrected chi connectivity index (χ3v) is 1.67. The van der Waals surface area contributed by atoms with Crippen molar-refractivity contribution < 1.29 is 4.79 Å². The highest BCUT2D eigenvalue weighted by Gasteiger charge is 1.95. The third kappa shape index (κ3) is 6.08. The van der Waals surface area contributed by atoms with Gasteiger partial charge in [-0.25, -0.2) is 0 Å². The van der Waals surface area contributed by atoms with Crippen LogP contribution in [-0.2, 0) is 4.79 Å². The molecule has 0 aliphatic carbocycles. The summed E-state index contributed by atoms with van der Waals surface area (Å²) in [5.41, 5.74) is 0. The number of carbonyl (C=O) groups excluding carboxylic acids is 1. The van der Waals surface area contributed by atoms with E-state index in [1.54, 1.807) is 0 Å². The van der Waals surface area contributed by atoms with E-state index < -0.39 is 0 Å². The highest BCUT2D eigenvalue weighted by atomic mass is 79.9. The second-order valence-electron chi connectivity index (χ2n) is 2.14. The molecule has 0 saturated carbocycles. The highest BCUT2D eigenvalue weighted by Crippen LogP contribution is 1.87. The van der Waals surface area contributed by atoms with Crippen LogP contribution in [0.25, 0.3) is 0 Å². The zero-order valence-corrected chi connectivity index (χ0v) is 7.91. The Balaban J connectivity index is 3.05. The minimum atomic E-state index is 0.170. The van der Waals surface area contributed by atoms with Crippen LogP contribution in [0.2, 0.25) is 0 Å². The average molecular weight is 208 g/mol. The summed E-state index contributed by atoms with van der Waals surface area (Å²) in [5, 5.41) is 3.77. The number of rotatable bonds is 5.